The van der Waals surface area contributed by atoms with Crippen LogP contribution in [-0.2, 0) is 0 Å². The van der Waals surface area contributed by atoms with Gasteiger partial charge in [0.1, 0.15) is 5.82 Å². The van der Waals surface area contributed by atoms with Crippen LogP contribution in [0.4, 0.5) is 8.78 Å². The molecule has 0 N–H and O–H groups in total. The fraction of sp³-hybridized carbons (Fsp3) is 0.250. The van der Waals surface area contributed by atoms with Gasteiger partial charge in [-0.3, -0.25) is 4.79 Å². The van der Waals surface area contributed by atoms with Crippen LogP contribution in [0.15, 0.2) is 42.6 Å². The van der Waals surface area contributed by atoms with Gasteiger partial charge >= 0.3 is 0 Å². The van der Waals surface area contributed by atoms with Crippen molar-refractivity contribution in [1.29, 1.82) is 0 Å². The molecule has 0 radical (unpaired) electrons. The Bertz CT molecular complexity index is 611. The standard InChI is InChI=1S/C16H16F2N2O/c1-3-20(11(2)12-4-7-14(17)8-5-12)16(21)13-6-9-15(18)19-10-13/h4-11H,3H2,1-2H3. The van der Waals surface area contributed by atoms with Gasteiger partial charge in [0.05, 0.1) is 11.6 Å². The average Bonchev–Trinajstić information content (AvgIpc) is 2.49. The average molecular weight is 290 g/mol. The number of hydrogen-bond acceptors (Lipinski definition) is 2. The summed E-state index contributed by atoms with van der Waals surface area (Å²) in [7, 11) is 0. The normalized spacial score (nSPS) is 12.0. The molecule has 1 heterocycles. The van der Waals surface area contributed by atoms with Crippen LogP contribution in [0.2, 0.25) is 0 Å². The molecular weight excluding hydrogens is 274 g/mol. The summed E-state index contributed by atoms with van der Waals surface area (Å²) in [6, 6.07) is 8.38. The Morgan fingerprint density at radius 1 is 1.19 bits per heavy atom. The van der Waals surface area contributed by atoms with Gasteiger partial charge in [0, 0.05) is 12.7 Å². The minimum atomic E-state index is -0.624. The van der Waals surface area contributed by atoms with Crippen molar-refractivity contribution in [2.24, 2.45) is 0 Å². The monoisotopic (exact) mass is 290 g/mol. The van der Waals surface area contributed by atoms with Gasteiger partial charge in [0.25, 0.3) is 5.91 Å². The van der Waals surface area contributed by atoms with Gasteiger partial charge < -0.3 is 4.90 Å². The molecule has 0 saturated heterocycles. The molecule has 110 valence electrons. The zero-order chi connectivity index (χ0) is 15.4. The molecule has 0 aliphatic carbocycles. The van der Waals surface area contributed by atoms with E-state index in [4.69, 9.17) is 0 Å². The molecule has 2 aromatic rings. The Morgan fingerprint density at radius 3 is 2.38 bits per heavy atom. The first-order chi connectivity index (χ1) is 10.0. The number of carbonyl (C=O) groups excluding carboxylic acids is 1. The third kappa shape index (κ3) is 3.42. The van der Waals surface area contributed by atoms with Crippen molar-refractivity contribution in [3.63, 3.8) is 0 Å². The van der Waals surface area contributed by atoms with E-state index in [0.717, 1.165) is 11.6 Å². The topological polar surface area (TPSA) is 33.2 Å². The minimum Gasteiger partial charge on any atom is -0.332 e. The number of benzene rings is 1. The first-order valence-corrected chi connectivity index (χ1v) is 6.71. The molecule has 0 aliphatic heterocycles. The van der Waals surface area contributed by atoms with Gasteiger partial charge in [-0.05, 0) is 43.7 Å². The van der Waals surface area contributed by atoms with Gasteiger partial charge in [0.15, 0.2) is 0 Å². The molecule has 0 spiro atoms. The summed E-state index contributed by atoms with van der Waals surface area (Å²) in [5.74, 6) is -1.17. The minimum absolute atomic E-state index is 0.215. The van der Waals surface area contributed by atoms with Crippen LogP contribution >= 0.6 is 0 Å². The highest BCUT2D eigenvalue weighted by Gasteiger charge is 2.21. The Morgan fingerprint density at radius 2 is 1.86 bits per heavy atom. The lowest BCUT2D eigenvalue weighted by Crippen LogP contribution is -2.33. The van der Waals surface area contributed by atoms with E-state index in [9.17, 15) is 13.6 Å². The maximum absolute atomic E-state index is 13.0. The molecule has 2 rings (SSSR count). The van der Waals surface area contributed by atoms with E-state index in [0.29, 0.717) is 12.1 Å². The highest BCUT2D eigenvalue weighted by Crippen LogP contribution is 2.22. The molecule has 5 heteroatoms. The van der Waals surface area contributed by atoms with E-state index < -0.39 is 5.95 Å². The van der Waals surface area contributed by atoms with E-state index in [1.54, 1.807) is 17.0 Å². The van der Waals surface area contributed by atoms with E-state index in [-0.39, 0.29) is 17.8 Å². The maximum Gasteiger partial charge on any atom is 0.255 e. The summed E-state index contributed by atoms with van der Waals surface area (Å²) in [4.78, 5) is 17.6. The number of carbonyl (C=O) groups is 1. The molecule has 0 fully saturated rings. The molecule has 0 bridgehead atoms. The van der Waals surface area contributed by atoms with Crippen LogP contribution in [0, 0.1) is 11.8 Å². The number of nitrogens with zero attached hydrogens (tertiary/aromatic N) is 2. The van der Waals surface area contributed by atoms with Crippen molar-refractivity contribution in [3.05, 3.63) is 65.5 Å². The molecule has 21 heavy (non-hydrogen) atoms. The fourth-order valence-corrected chi connectivity index (χ4v) is 2.18. The van der Waals surface area contributed by atoms with E-state index in [2.05, 4.69) is 4.98 Å². The molecule has 0 aliphatic rings. The second kappa shape index (κ2) is 6.43. The quantitative estimate of drug-likeness (QED) is 0.806. The van der Waals surface area contributed by atoms with Crippen LogP contribution in [-0.4, -0.2) is 22.3 Å². The summed E-state index contributed by atoms with van der Waals surface area (Å²) in [6.45, 7) is 4.20. The van der Waals surface area contributed by atoms with E-state index >= 15 is 0 Å². The van der Waals surface area contributed by atoms with Crippen molar-refractivity contribution in [2.45, 2.75) is 19.9 Å². The SMILES string of the molecule is CCN(C(=O)c1ccc(F)nc1)C(C)c1ccc(F)cc1. The molecular formula is C16H16F2N2O. The molecule has 1 aromatic carbocycles. The van der Waals surface area contributed by atoms with Gasteiger partial charge in [-0.1, -0.05) is 12.1 Å². The summed E-state index contributed by atoms with van der Waals surface area (Å²) in [5, 5.41) is 0. The van der Waals surface area contributed by atoms with Crippen molar-refractivity contribution < 1.29 is 13.6 Å². The summed E-state index contributed by atoms with van der Waals surface area (Å²) < 4.78 is 25.8. The number of aromatic nitrogens is 1. The second-order valence-electron chi connectivity index (χ2n) is 4.69. The Kier molecular flexibility index (Phi) is 4.62. The Balaban J connectivity index is 2.23. The third-order valence-electron chi connectivity index (χ3n) is 3.40. The van der Waals surface area contributed by atoms with E-state index in [1.165, 1.54) is 24.4 Å². The van der Waals surface area contributed by atoms with Crippen LogP contribution < -0.4 is 0 Å². The predicted octanol–water partition coefficient (Wildman–Crippen LogP) is 3.58. The number of hydrogen-bond donors (Lipinski definition) is 0. The van der Waals surface area contributed by atoms with Gasteiger partial charge in [-0.25, -0.2) is 9.37 Å². The second-order valence-corrected chi connectivity index (χ2v) is 4.69. The number of halogens is 2. The van der Waals surface area contributed by atoms with Crippen molar-refractivity contribution in [2.75, 3.05) is 6.54 Å². The number of amides is 1. The van der Waals surface area contributed by atoms with Crippen molar-refractivity contribution in [3.8, 4) is 0 Å². The Labute approximate surface area is 122 Å². The molecule has 1 atom stereocenters. The van der Waals surface area contributed by atoms with Crippen molar-refractivity contribution >= 4 is 5.91 Å². The highest BCUT2D eigenvalue weighted by atomic mass is 19.1. The Hall–Kier alpha value is -2.30. The molecule has 0 saturated carbocycles. The fourth-order valence-electron chi connectivity index (χ4n) is 2.18. The van der Waals surface area contributed by atoms with Gasteiger partial charge in [-0.15, -0.1) is 0 Å². The molecule has 1 amide bonds. The van der Waals surface area contributed by atoms with Crippen LogP contribution in [0.5, 0.6) is 0 Å². The zero-order valence-electron chi connectivity index (χ0n) is 11.9. The number of rotatable bonds is 4. The molecule has 3 nitrogen and oxygen atoms in total. The third-order valence-corrected chi connectivity index (χ3v) is 3.40. The first kappa shape index (κ1) is 15.1. The first-order valence-electron chi connectivity index (χ1n) is 6.71. The van der Waals surface area contributed by atoms with Crippen LogP contribution in [0.25, 0.3) is 0 Å². The highest BCUT2D eigenvalue weighted by molar-refractivity contribution is 5.94. The lowest BCUT2D eigenvalue weighted by atomic mass is 10.1. The van der Waals surface area contributed by atoms with Crippen LogP contribution in [0.1, 0.15) is 35.8 Å². The van der Waals surface area contributed by atoms with Gasteiger partial charge in [0.2, 0.25) is 5.95 Å². The summed E-state index contributed by atoms with van der Waals surface area (Å²) in [6.07, 6.45) is 1.22. The zero-order valence-corrected chi connectivity index (χ0v) is 11.9. The van der Waals surface area contributed by atoms with Crippen molar-refractivity contribution in [1.82, 2.24) is 9.88 Å². The number of pyridine rings is 1. The molecule has 1 aromatic heterocycles. The van der Waals surface area contributed by atoms with Crippen LogP contribution in [0.3, 0.4) is 0 Å². The summed E-state index contributed by atoms with van der Waals surface area (Å²) >= 11 is 0. The smallest absolute Gasteiger partial charge is 0.255 e. The predicted molar refractivity (Wildman–Crippen MR) is 75.7 cm³/mol. The molecule has 1 unspecified atom stereocenters. The maximum atomic E-state index is 13.0. The van der Waals surface area contributed by atoms with E-state index in [1.807, 2.05) is 13.8 Å². The lowest BCUT2D eigenvalue weighted by Gasteiger charge is -2.28. The largest absolute Gasteiger partial charge is 0.332 e. The summed E-state index contributed by atoms with van der Waals surface area (Å²) in [5.41, 5.74) is 1.16. The lowest BCUT2D eigenvalue weighted by molar-refractivity contribution is 0.0701. The van der Waals surface area contributed by atoms with Gasteiger partial charge in [-0.2, -0.15) is 4.39 Å².